The molecule has 37 heavy (non-hydrogen) atoms. The Morgan fingerprint density at radius 1 is 0.946 bits per heavy atom. The molecule has 2 atom stereocenters. The van der Waals surface area contributed by atoms with E-state index in [-0.39, 0.29) is 25.5 Å². The second kappa shape index (κ2) is 16.7. The summed E-state index contributed by atoms with van der Waals surface area (Å²) in [5, 5.41) is 25.3. The molecule has 0 aliphatic rings. The van der Waals surface area contributed by atoms with Crippen molar-refractivity contribution in [2.75, 3.05) is 19.8 Å². The molecule has 0 aliphatic carbocycles. The highest BCUT2D eigenvalue weighted by Crippen LogP contribution is 2.16. The first kappa shape index (κ1) is 32.1. The van der Waals surface area contributed by atoms with Crippen LogP contribution in [0.1, 0.15) is 59.4 Å². The summed E-state index contributed by atoms with van der Waals surface area (Å²) in [5.41, 5.74) is 0.0234. The molecule has 3 amide bonds. The van der Waals surface area contributed by atoms with Gasteiger partial charge in [-0.2, -0.15) is 0 Å². The third kappa shape index (κ3) is 13.8. The van der Waals surface area contributed by atoms with Gasteiger partial charge in [0.1, 0.15) is 36.6 Å². The van der Waals surface area contributed by atoms with Gasteiger partial charge in [-0.15, -0.1) is 0 Å². The molecule has 210 valence electrons. The van der Waals surface area contributed by atoms with Crippen molar-refractivity contribution < 1.29 is 44.1 Å². The van der Waals surface area contributed by atoms with Gasteiger partial charge in [-0.25, -0.2) is 14.6 Å². The fraction of sp³-hybridized carbons (Fsp3) is 0.640. The molecule has 1 rings (SSSR count). The SMILES string of the molecule is CCCCCNC(=O)C(Cc1ccc(OC(COO)COO)cc1)NC(=O)C(C)NC(=O)OC(C)(C)C. The lowest BCUT2D eigenvalue weighted by molar-refractivity contribution is -0.286. The van der Waals surface area contributed by atoms with Crippen LogP contribution in [0.5, 0.6) is 5.75 Å². The molecular weight excluding hydrogens is 486 g/mol. The van der Waals surface area contributed by atoms with E-state index >= 15 is 0 Å². The lowest BCUT2D eigenvalue weighted by Crippen LogP contribution is -2.54. The molecule has 12 nitrogen and oxygen atoms in total. The van der Waals surface area contributed by atoms with Gasteiger partial charge in [-0.05, 0) is 51.8 Å². The van der Waals surface area contributed by atoms with Crippen molar-refractivity contribution in [3.8, 4) is 5.75 Å². The Morgan fingerprint density at radius 2 is 1.57 bits per heavy atom. The number of unbranched alkanes of at least 4 members (excludes halogenated alkanes) is 2. The van der Waals surface area contributed by atoms with Gasteiger partial charge in [0.25, 0.3) is 0 Å². The van der Waals surface area contributed by atoms with Crippen LogP contribution in [-0.4, -0.2) is 72.0 Å². The zero-order chi connectivity index (χ0) is 27.8. The first-order valence-corrected chi connectivity index (χ1v) is 12.3. The van der Waals surface area contributed by atoms with Crippen LogP contribution in [0, 0.1) is 0 Å². The fourth-order valence-electron chi connectivity index (χ4n) is 3.18. The normalized spacial score (nSPS) is 13.0. The largest absolute Gasteiger partial charge is 0.485 e. The number of rotatable bonds is 16. The summed E-state index contributed by atoms with van der Waals surface area (Å²) >= 11 is 0. The standard InChI is InChI=1S/C25H41N3O9/c1-6-7-8-13-26-23(30)21(28-22(29)17(2)27-24(31)37-25(3,4)5)14-18-9-11-19(12-10-18)36-20(15-34-32)16-35-33/h9-12,17,20-21,32-33H,6-8,13-16H2,1-5H3,(H,26,30)(H,27,31)(H,28,29). The minimum absolute atomic E-state index is 0.188. The molecule has 0 bridgehead atoms. The molecule has 0 aliphatic heterocycles. The van der Waals surface area contributed by atoms with Crippen molar-refractivity contribution in [3.63, 3.8) is 0 Å². The smallest absolute Gasteiger partial charge is 0.408 e. The highest BCUT2D eigenvalue weighted by molar-refractivity contribution is 5.91. The number of hydrogen-bond acceptors (Lipinski definition) is 9. The van der Waals surface area contributed by atoms with Crippen LogP contribution in [0.2, 0.25) is 0 Å². The molecule has 1 aromatic carbocycles. The van der Waals surface area contributed by atoms with Crippen molar-refractivity contribution in [1.82, 2.24) is 16.0 Å². The van der Waals surface area contributed by atoms with Gasteiger partial charge >= 0.3 is 6.09 Å². The van der Waals surface area contributed by atoms with Gasteiger partial charge in [0.15, 0.2) is 6.10 Å². The summed E-state index contributed by atoms with van der Waals surface area (Å²) in [6, 6.07) is 4.90. The maximum absolute atomic E-state index is 12.9. The maximum atomic E-state index is 12.9. The monoisotopic (exact) mass is 527 g/mol. The fourth-order valence-corrected chi connectivity index (χ4v) is 3.18. The molecule has 0 spiro atoms. The van der Waals surface area contributed by atoms with E-state index < -0.39 is 35.8 Å². The van der Waals surface area contributed by atoms with Gasteiger partial charge in [0, 0.05) is 13.0 Å². The average molecular weight is 528 g/mol. The Balaban J connectivity index is 2.88. The summed E-state index contributed by atoms with van der Waals surface area (Å²) in [6.07, 6.45) is 1.51. The number of carbonyl (C=O) groups is 3. The molecule has 5 N–H and O–H groups in total. The molecular formula is C25H41N3O9. The van der Waals surface area contributed by atoms with E-state index in [2.05, 4.69) is 32.6 Å². The first-order chi connectivity index (χ1) is 17.5. The summed E-state index contributed by atoms with van der Waals surface area (Å²) in [5.74, 6) is -0.451. The molecule has 0 radical (unpaired) electrons. The van der Waals surface area contributed by atoms with E-state index in [0.717, 1.165) is 24.8 Å². The van der Waals surface area contributed by atoms with E-state index in [1.54, 1.807) is 45.0 Å². The lowest BCUT2D eigenvalue weighted by Gasteiger charge is -2.24. The van der Waals surface area contributed by atoms with Crippen LogP contribution in [0.3, 0.4) is 0 Å². The third-order valence-electron chi connectivity index (χ3n) is 5.03. The summed E-state index contributed by atoms with van der Waals surface area (Å²) in [6.45, 7) is 8.76. The second-order valence-electron chi connectivity index (χ2n) is 9.61. The Labute approximate surface area is 217 Å². The van der Waals surface area contributed by atoms with E-state index in [1.807, 2.05) is 0 Å². The van der Waals surface area contributed by atoms with Crippen molar-refractivity contribution in [1.29, 1.82) is 0 Å². The lowest BCUT2D eigenvalue weighted by atomic mass is 10.0. The number of alkyl carbamates (subject to hydrolysis) is 1. The van der Waals surface area contributed by atoms with Gasteiger partial charge in [0.05, 0.1) is 0 Å². The van der Waals surface area contributed by atoms with E-state index in [9.17, 15) is 14.4 Å². The second-order valence-corrected chi connectivity index (χ2v) is 9.61. The van der Waals surface area contributed by atoms with Crippen LogP contribution in [0.25, 0.3) is 0 Å². The molecule has 0 saturated carbocycles. The predicted molar refractivity (Wildman–Crippen MR) is 135 cm³/mol. The van der Waals surface area contributed by atoms with Crippen LogP contribution in [0.4, 0.5) is 4.79 Å². The number of amides is 3. The Kier molecular flexibility index (Phi) is 14.5. The summed E-state index contributed by atoms with van der Waals surface area (Å²) < 4.78 is 10.8. The van der Waals surface area contributed by atoms with E-state index in [4.69, 9.17) is 20.0 Å². The first-order valence-electron chi connectivity index (χ1n) is 12.3. The maximum Gasteiger partial charge on any atom is 0.408 e. The predicted octanol–water partition coefficient (Wildman–Crippen LogP) is 2.66. The average Bonchev–Trinajstić information content (AvgIpc) is 2.81. The van der Waals surface area contributed by atoms with E-state index in [1.165, 1.54) is 6.92 Å². The molecule has 0 saturated heterocycles. The Hall–Kier alpha value is -2.93. The molecule has 1 aromatic rings. The van der Waals surface area contributed by atoms with Crippen LogP contribution >= 0.6 is 0 Å². The quantitative estimate of drug-likeness (QED) is 0.123. The molecule has 0 heterocycles. The Bertz CT molecular complexity index is 822. The number of ether oxygens (including phenoxy) is 2. The molecule has 2 unspecified atom stereocenters. The number of carbonyl (C=O) groups excluding carboxylic acids is 3. The van der Waals surface area contributed by atoms with Gasteiger partial charge < -0.3 is 25.4 Å². The number of nitrogens with one attached hydrogen (secondary N) is 3. The van der Waals surface area contributed by atoms with Gasteiger partial charge in [0.2, 0.25) is 11.8 Å². The minimum Gasteiger partial charge on any atom is -0.485 e. The molecule has 0 aromatic heterocycles. The van der Waals surface area contributed by atoms with Crippen LogP contribution in [-0.2, 0) is 30.5 Å². The van der Waals surface area contributed by atoms with Crippen LogP contribution < -0.4 is 20.7 Å². The van der Waals surface area contributed by atoms with Crippen molar-refractivity contribution in [2.24, 2.45) is 0 Å². The summed E-state index contributed by atoms with van der Waals surface area (Å²) in [7, 11) is 0. The zero-order valence-corrected chi connectivity index (χ0v) is 22.2. The van der Waals surface area contributed by atoms with Crippen molar-refractivity contribution in [2.45, 2.75) is 84.1 Å². The Morgan fingerprint density at radius 3 is 2.11 bits per heavy atom. The molecule has 0 fully saturated rings. The van der Waals surface area contributed by atoms with Crippen LogP contribution in [0.15, 0.2) is 24.3 Å². The highest BCUT2D eigenvalue weighted by Gasteiger charge is 2.26. The van der Waals surface area contributed by atoms with Crippen molar-refractivity contribution >= 4 is 17.9 Å². The van der Waals surface area contributed by atoms with Gasteiger partial charge in [-0.3, -0.25) is 20.1 Å². The third-order valence-corrected chi connectivity index (χ3v) is 5.03. The number of benzene rings is 1. The van der Waals surface area contributed by atoms with Crippen molar-refractivity contribution in [3.05, 3.63) is 29.8 Å². The zero-order valence-electron chi connectivity index (χ0n) is 22.2. The highest BCUT2D eigenvalue weighted by atomic mass is 17.1. The summed E-state index contributed by atoms with van der Waals surface area (Å²) in [4.78, 5) is 45.8. The topological polar surface area (TPSA) is 165 Å². The minimum atomic E-state index is -0.930. The van der Waals surface area contributed by atoms with E-state index in [0.29, 0.717) is 12.3 Å². The van der Waals surface area contributed by atoms with Gasteiger partial charge in [-0.1, -0.05) is 31.9 Å². The molecule has 12 heteroatoms. The number of hydrogen-bond donors (Lipinski definition) is 5.